The van der Waals surface area contributed by atoms with Crippen molar-refractivity contribution in [1.29, 1.82) is 0 Å². The van der Waals surface area contributed by atoms with E-state index in [9.17, 15) is 9.59 Å². The maximum atomic E-state index is 9.25. The zero-order chi connectivity index (χ0) is 10.6. The quantitative estimate of drug-likeness (QED) is 0.518. The van der Waals surface area contributed by atoms with Crippen LogP contribution in [0.25, 0.3) is 0 Å². The summed E-state index contributed by atoms with van der Waals surface area (Å²) in [6.45, 7) is 5.92. The van der Waals surface area contributed by atoms with Crippen LogP contribution in [0.5, 0.6) is 0 Å². The summed E-state index contributed by atoms with van der Waals surface area (Å²) in [5.74, 6) is -1.96. The fraction of sp³-hybridized carbons (Fsp3) is 0. The molecule has 0 aliphatic rings. The molecular formula is C6H8AlClO4. The van der Waals surface area contributed by atoms with E-state index in [0.717, 1.165) is 12.2 Å². The minimum atomic E-state index is -0.981. The Morgan fingerprint density at radius 2 is 1.17 bits per heavy atom. The highest BCUT2D eigenvalue weighted by Gasteiger charge is 1.73. The van der Waals surface area contributed by atoms with Gasteiger partial charge in [-0.1, -0.05) is 13.2 Å². The lowest BCUT2D eigenvalue weighted by Gasteiger charge is -1.64. The maximum Gasteiger partial charge on any atom is 0.327 e. The van der Waals surface area contributed by atoms with E-state index in [2.05, 4.69) is 23.2 Å². The van der Waals surface area contributed by atoms with E-state index in [0.29, 0.717) is 0 Å². The summed E-state index contributed by atoms with van der Waals surface area (Å²) in [6.07, 6.45) is 1.67. The first-order valence-corrected chi connectivity index (χ1v) is 4.21. The average molecular weight is 207 g/mol. The van der Waals surface area contributed by atoms with Crippen molar-refractivity contribution in [3.8, 4) is 0 Å². The van der Waals surface area contributed by atoms with Crippen molar-refractivity contribution in [3.63, 3.8) is 0 Å². The lowest BCUT2D eigenvalue weighted by molar-refractivity contribution is -0.132. The first-order valence-electron chi connectivity index (χ1n) is 2.47. The smallest absolute Gasteiger partial charge is 0.327 e. The molecule has 6 heteroatoms. The van der Waals surface area contributed by atoms with Gasteiger partial charge < -0.3 is 10.2 Å². The molecule has 0 aromatic rings. The summed E-state index contributed by atoms with van der Waals surface area (Å²) >= 11 is 1.89. The SMILES string of the molecule is C=CC(=O)O.C=CC(=O)O.[Al][Cl]. The van der Waals surface area contributed by atoms with Gasteiger partial charge in [-0.3, -0.25) is 10.0 Å². The molecule has 0 atom stereocenters. The molecule has 66 valence electrons. The van der Waals surface area contributed by atoms with Gasteiger partial charge in [0.1, 0.15) is 0 Å². The highest BCUT2D eigenvalue weighted by molar-refractivity contribution is 6.80. The zero-order valence-corrected chi connectivity index (χ0v) is 8.15. The molecule has 0 unspecified atom stereocenters. The highest BCUT2D eigenvalue weighted by Crippen LogP contribution is 1.55. The molecule has 2 radical (unpaired) electrons. The van der Waals surface area contributed by atoms with Gasteiger partial charge in [0.15, 0.2) is 0 Å². The van der Waals surface area contributed by atoms with Gasteiger partial charge in [0.05, 0.1) is 0 Å². The lowest BCUT2D eigenvalue weighted by Crippen LogP contribution is -1.82. The largest absolute Gasteiger partial charge is 0.478 e. The van der Waals surface area contributed by atoms with Crippen LogP contribution in [0.3, 0.4) is 0 Å². The van der Waals surface area contributed by atoms with Crippen LogP contribution >= 0.6 is 10.0 Å². The molecule has 4 nitrogen and oxygen atoms in total. The van der Waals surface area contributed by atoms with Crippen molar-refractivity contribution in [3.05, 3.63) is 25.3 Å². The van der Waals surface area contributed by atoms with E-state index in [-0.39, 0.29) is 0 Å². The van der Waals surface area contributed by atoms with Gasteiger partial charge in [0.2, 0.25) is 0 Å². The van der Waals surface area contributed by atoms with E-state index in [4.69, 9.17) is 10.2 Å². The molecule has 0 rings (SSSR count). The fourth-order valence-corrected chi connectivity index (χ4v) is 0. The van der Waals surface area contributed by atoms with Crippen LogP contribution in [0.2, 0.25) is 0 Å². The maximum absolute atomic E-state index is 9.25. The van der Waals surface area contributed by atoms with E-state index in [1.165, 1.54) is 0 Å². The highest BCUT2D eigenvalue weighted by atomic mass is 35.6. The summed E-state index contributed by atoms with van der Waals surface area (Å²) < 4.78 is 0. The topological polar surface area (TPSA) is 74.6 Å². The zero-order valence-electron chi connectivity index (χ0n) is 6.24. The molecular weight excluding hydrogens is 198 g/mol. The summed E-state index contributed by atoms with van der Waals surface area (Å²) in [4.78, 5) is 18.5. The van der Waals surface area contributed by atoms with Crippen molar-refractivity contribution < 1.29 is 19.8 Å². The van der Waals surface area contributed by atoms with Crippen molar-refractivity contribution in [2.24, 2.45) is 0 Å². The van der Waals surface area contributed by atoms with Crippen LogP contribution in [-0.2, 0) is 9.59 Å². The molecule has 12 heavy (non-hydrogen) atoms. The third-order valence-electron chi connectivity index (χ3n) is 0.349. The Balaban J connectivity index is -0.000000112. The molecule has 0 aromatic carbocycles. The molecule has 0 bridgehead atoms. The van der Waals surface area contributed by atoms with Gasteiger partial charge in [-0.05, 0) is 0 Å². The molecule has 0 aromatic heterocycles. The normalized spacial score (nSPS) is 5.75. The Hall–Kier alpha value is -0.758. The van der Waals surface area contributed by atoms with Crippen molar-refractivity contribution in [2.75, 3.05) is 0 Å². The Bertz CT molecular complexity index is 140. The molecule has 0 saturated heterocycles. The van der Waals surface area contributed by atoms with Crippen molar-refractivity contribution >= 4 is 37.4 Å². The summed E-state index contributed by atoms with van der Waals surface area (Å²) in [7, 11) is 4.56. The van der Waals surface area contributed by atoms with E-state index in [1.807, 2.05) is 15.4 Å². The number of carboxylic acid groups (broad SMARTS) is 2. The number of halogens is 1. The second kappa shape index (κ2) is 16.7. The minimum absolute atomic E-state index is 0.833. The van der Waals surface area contributed by atoms with Gasteiger partial charge in [-0.25, -0.2) is 9.59 Å². The molecule has 0 fully saturated rings. The fourth-order valence-electron chi connectivity index (χ4n) is 0. The van der Waals surface area contributed by atoms with Gasteiger partial charge in [0.25, 0.3) is 15.4 Å². The van der Waals surface area contributed by atoms with Crippen LogP contribution in [0.15, 0.2) is 25.3 Å². The van der Waals surface area contributed by atoms with Gasteiger partial charge in [-0.15, -0.1) is 0 Å². The molecule has 0 spiro atoms. The molecule has 0 saturated carbocycles. The Morgan fingerprint density at radius 3 is 1.17 bits per heavy atom. The van der Waals surface area contributed by atoms with Crippen LogP contribution in [0, 0.1) is 0 Å². The number of rotatable bonds is 2. The number of hydrogen-bond donors (Lipinski definition) is 2. The predicted octanol–water partition coefficient (Wildman–Crippen LogP) is 0.823. The molecule has 0 aliphatic heterocycles. The molecule has 0 aliphatic carbocycles. The Kier molecular flexibility index (Phi) is 24.1. The Labute approximate surface area is 82.8 Å². The standard InChI is InChI=1S/2C3H4O2.Al.ClH/c2*1-2-3(4)5;;/h2*2H,1H2,(H,4,5);;1H/q;;+1;/p-1. The summed E-state index contributed by atoms with van der Waals surface area (Å²) in [5.41, 5.74) is 0. The number of carboxylic acids is 2. The molecule has 0 amide bonds. The van der Waals surface area contributed by atoms with E-state index in [1.54, 1.807) is 0 Å². The number of aliphatic carboxylic acids is 2. The van der Waals surface area contributed by atoms with E-state index >= 15 is 0 Å². The first-order chi connectivity index (χ1) is 5.54. The Morgan fingerprint density at radius 1 is 1.08 bits per heavy atom. The molecule has 2 N–H and O–H groups in total. The van der Waals surface area contributed by atoms with Gasteiger partial charge >= 0.3 is 11.9 Å². The van der Waals surface area contributed by atoms with Crippen LogP contribution in [0.1, 0.15) is 0 Å². The predicted molar refractivity (Wildman–Crippen MR) is 47.3 cm³/mol. The lowest BCUT2D eigenvalue weighted by atomic mass is 10.7. The first kappa shape index (κ1) is 17.4. The van der Waals surface area contributed by atoms with Crippen LogP contribution < -0.4 is 0 Å². The third kappa shape index (κ3) is 59.7. The monoisotopic (exact) mass is 206 g/mol. The summed E-state index contributed by atoms with van der Waals surface area (Å²) in [5, 5.41) is 15.2. The van der Waals surface area contributed by atoms with Crippen LogP contribution in [0.4, 0.5) is 0 Å². The van der Waals surface area contributed by atoms with Crippen molar-refractivity contribution in [2.45, 2.75) is 0 Å². The second-order valence-electron chi connectivity index (χ2n) is 1.08. The minimum Gasteiger partial charge on any atom is -0.478 e. The third-order valence-corrected chi connectivity index (χ3v) is 0.349. The van der Waals surface area contributed by atoms with E-state index < -0.39 is 11.9 Å². The van der Waals surface area contributed by atoms with Gasteiger partial charge in [0, 0.05) is 12.2 Å². The number of hydrogen-bond acceptors (Lipinski definition) is 2. The summed E-state index contributed by atoms with van der Waals surface area (Å²) in [6, 6.07) is 0. The molecule has 0 heterocycles. The van der Waals surface area contributed by atoms with Gasteiger partial charge in [-0.2, -0.15) is 0 Å². The number of carbonyl (C=O) groups is 2. The average Bonchev–Trinajstić information content (AvgIpc) is 2.09. The van der Waals surface area contributed by atoms with Crippen LogP contribution in [-0.4, -0.2) is 37.5 Å². The second-order valence-corrected chi connectivity index (χ2v) is 1.08. The van der Waals surface area contributed by atoms with Crippen molar-refractivity contribution in [1.82, 2.24) is 0 Å².